The largest absolute Gasteiger partial charge is 0.465 e. The van der Waals surface area contributed by atoms with E-state index < -0.39 is 5.97 Å². The Balaban J connectivity index is 2.26. The number of benzene rings is 2. The third-order valence-electron chi connectivity index (χ3n) is 3.33. The lowest BCUT2D eigenvalue weighted by Gasteiger charge is -2.25. The third-order valence-corrected chi connectivity index (χ3v) is 3.66. The minimum absolute atomic E-state index is 0.329. The van der Waals surface area contributed by atoms with Crippen LogP contribution in [0, 0.1) is 11.3 Å². The Morgan fingerprint density at radius 2 is 1.88 bits per heavy atom. The summed E-state index contributed by atoms with van der Waals surface area (Å²) in [4.78, 5) is 13.7. The Bertz CT molecular complexity index is 756. The molecular formula is C18H17N3O2S. The first kappa shape index (κ1) is 17.4. The lowest BCUT2D eigenvalue weighted by Crippen LogP contribution is -2.35. The van der Waals surface area contributed by atoms with Gasteiger partial charge in [0.1, 0.15) is 0 Å². The Hall–Kier alpha value is -2.91. The van der Waals surface area contributed by atoms with Crippen LogP contribution in [0.25, 0.3) is 0 Å². The monoisotopic (exact) mass is 339 g/mol. The summed E-state index contributed by atoms with van der Waals surface area (Å²) in [7, 11) is 1.33. The van der Waals surface area contributed by atoms with Gasteiger partial charge in [0, 0.05) is 12.2 Å². The molecule has 122 valence electrons. The van der Waals surface area contributed by atoms with Gasteiger partial charge in [0.05, 0.1) is 30.9 Å². The summed E-state index contributed by atoms with van der Waals surface area (Å²) >= 11 is 5.49. The molecule has 0 bridgehead atoms. The Morgan fingerprint density at radius 3 is 2.54 bits per heavy atom. The molecular weight excluding hydrogens is 322 g/mol. The first-order chi connectivity index (χ1) is 11.7. The van der Waals surface area contributed by atoms with Gasteiger partial charge in [-0.3, -0.25) is 0 Å². The number of nitrogens with zero attached hydrogens (tertiary/aromatic N) is 2. The van der Waals surface area contributed by atoms with E-state index in [1.807, 2.05) is 35.2 Å². The zero-order chi connectivity index (χ0) is 17.4. The number of nitrogens with one attached hydrogen (secondary N) is 1. The molecule has 0 heterocycles. The molecule has 24 heavy (non-hydrogen) atoms. The van der Waals surface area contributed by atoms with E-state index in [2.05, 4.69) is 11.4 Å². The smallest absolute Gasteiger partial charge is 0.339 e. The highest BCUT2D eigenvalue weighted by molar-refractivity contribution is 7.80. The van der Waals surface area contributed by atoms with Crippen molar-refractivity contribution in [1.82, 2.24) is 0 Å². The quantitative estimate of drug-likeness (QED) is 0.663. The van der Waals surface area contributed by atoms with Gasteiger partial charge in [-0.15, -0.1) is 0 Å². The fourth-order valence-electron chi connectivity index (χ4n) is 2.18. The second-order valence-corrected chi connectivity index (χ2v) is 5.25. The number of para-hydroxylation sites is 2. The van der Waals surface area contributed by atoms with Crippen LogP contribution in [-0.4, -0.2) is 24.7 Å². The summed E-state index contributed by atoms with van der Waals surface area (Å²) in [5.74, 6) is -0.441. The second kappa shape index (κ2) is 8.65. The highest BCUT2D eigenvalue weighted by atomic mass is 32.1. The zero-order valence-corrected chi connectivity index (χ0v) is 14.0. The number of nitriles is 1. The number of hydrogen-bond acceptors (Lipinski definition) is 4. The highest BCUT2D eigenvalue weighted by Crippen LogP contribution is 2.20. The van der Waals surface area contributed by atoms with Gasteiger partial charge < -0.3 is 15.0 Å². The average Bonchev–Trinajstić information content (AvgIpc) is 2.62. The molecule has 0 spiro atoms. The molecule has 1 N–H and O–H groups in total. The zero-order valence-electron chi connectivity index (χ0n) is 13.2. The van der Waals surface area contributed by atoms with Crippen LogP contribution in [0.5, 0.6) is 0 Å². The van der Waals surface area contributed by atoms with Crippen molar-refractivity contribution in [1.29, 1.82) is 5.26 Å². The minimum Gasteiger partial charge on any atom is -0.465 e. The van der Waals surface area contributed by atoms with Crippen LogP contribution in [0.4, 0.5) is 11.4 Å². The number of esters is 1. The standard InChI is InChI=1S/C18H17N3O2S/c1-23-17(22)15-10-5-6-11-16(15)20-18(24)21(13-7-12-19)14-8-3-2-4-9-14/h2-6,8-11H,7,13H2,1H3,(H,20,24). The maximum Gasteiger partial charge on any atom is 0.339 e. The van der Waals surface area contributed by atoms with Crippen LogP contribution < -0.4 is 10.2 Å². The van der Waals surface area contributed by atoms with Crippen molar-refractivity contribution in [2.24, 2.45) is 0 Å². The van der Waals surface area contributed by atoms with Crippen LogP contribution in [0.3, 0.4) is 0 Å². The van der Waals surface area contributed by atoms with Gasteiger partial charge in [0.15, 0.2) is 5.11 Å². The fourth-order valence-corrected chi connectivity index (χ4v) is 2.49. The van der Waals surface area contributed by atoms with E-state index in [0.29, 0.717) is 29.3 Å². The number of rotatable bonds is 5. The minimum atomic E-state index is -0.441. The van der Waals surface area contributed by atoms with E-state index in [1.165, 1.54) is 7.11 Å². The van der Waals surface area contributed by atoms with Crippen LogP contribution in [0.15, 0.2) is 54.6 Å². The van der Waals surface area contributed by atoms with Crippen LogP contribution >= 0.6 is 12.2 Å². The normalized spacial score (nSPS) is 9.67. The molecule has 0 radical (unpaired) electrons. The van der Waals surface area contributed by atoms with E-state index in [-0.39, 0.29) is 0 Å². The molecule has 0 fully saturated rings. The molecule has 0 aliphatic carbocycles. The number of carbonyl (C=O) groups is 1. The maximum atomic E-state index is 11.9. The lowest BCUT2D eigenvalue weighted by atomic mass is 10.2. The van der Waals surface area contributed by atoms with Gasteiger partial charge in [-0.25, -0.2) is 4.79 Å². The summed E-state index contributed by atoms with van der Waals surface area (Å²) in [5.41, 5.74) is 1.84. The Kier molecular flexibility index (Phi) is 6.29. The second-order valence-electron chi connectivity index (χ2n) is 4.86. The molecule has 6 heteroatoms. The molecule has 0 aromatic heterocycles. The predicted octanol–water partition coefficient (Wildman–Crippen LogP) is 3.59. The molecule has 0 aliphatic heterocycles. The highest BCUT2D eigenvalue weighted by Gasteiger charge is 2.16. The van der Waals surface area contributed by atoms with E-state index in [9.17, 15) is 4.79 Å². The molecule has 0 saturated carbocycles. The van der Waals surface area contributed by atoms with E-state index >= 15 is 0 Å². The third kappa shape index (κ3) is 4.31. The van der Waals surface area contributed by atoms with E-state index in [4.69, 9.17) is 22.2 Å². The average molecular weight is 339 g/mol. The number of ether oxygens (including phenoxy) is 1. The van der Waals surface area contributed by atoms with Crippen molar-refractivity contribution in [2.45, 2.75) is 6.42 Å². The van der Waals surface area contributed by atoms with Gasteiger partial charge in [0.2, 0.25) is 0 Å². The molecule has 0 atom stereocenters. The van der Waals surface area contributed by atoms with Crippen molar-refractivity contribution < 1.29 is 9.53 Å². The molecule has 0 saturated heterocycles. The molecule has 0 aliphatic rings. The Morgan fingerprint density at radius 1 is 1.21 bits per heavy atom. The first-order valence-electron chi connectivity index (χ1n) is 7.35. The predicted molar refractivity (Wildman–Crippen MR) is 98.0 cm³/mol. The van der Waals surface area contributed by atoms with Gasteiger partial charge in [-0.2, -0.15) is 5.26 Å². The number of methoxy groups -OCH3 is 1. The van der Waals surface area contributed by atoms with Gasteiger partial charge in [-0.05, 0) is 36.5 Å². The SMILES string of the molecule is COC(=O)c1ccccc1NC(=S)N(CCC#N)c1ccccc1. The molecule has 5 nitrogen and oxygen atoms in total. The van der Waals surface area contributed by atoms with Gasteiger partial charge in [-0.1, -0.05) is 30.3 Å². The summed E-state index contributed by atoms with van der Waals surface area (Å²) in [6.07, 6.45) is 0.329. The molecule has 2 rings (SSSR count). The first-order valence-corrected chi connectivity index (χ1v) is 7.76. The van der Waals surface area contributed by atoms with Crippen molar-refractivity contribution in [3.05, 3.63) is 60.2 Å². The van der Waals surface area contributed by atoms with E-state index in [0.717, 1.165) is 5.69 Å². The van der Waals surface area contributed by atoms with Crippen LogP contribution in [-0.2, 0) is 4.74 Å². The van der Waals surface area contributed by atoms with Crippen molar-refractivity contribution in [3.8, 4) is 6.07 Å². The van der Waals surface area contributed by atoms with Crippen molar-refractivity contribution in [2.75, 3.05) is 23.9 Å². The molecule has 2 aromatic rings. The number of anilines is 2. The van der Waals surface area contributed by atoms with E-state index in [1.54, 1.807) is 24.3 Å². The summed E-state index contributed by atoms with van der Waals surface area (Å²) in [6.45, 7) is 0.451. The summed E-state index contributed by atoms with van der Waals surface area (Å²) < 4.78 is 4.79. The summed E-state index contributed by atoms with van der Waals surface area (Å²) in [6, 6.07) is 18.6. The van der Waals surface area contributed by atoms with Crippen molar-refractivity contribution >= 4 is 34.7 Å². The summed E-state index contributed by atoms with van der Waals surface area (Å²) in [5, 5.41) is 12.4. The van der Waals surface area contributed by atoms with Crippen LogP contribution in [0.2, 0.25) is 0 Å². The maximum absolute atomic E-state index is 11.9. The van der Waals surface area contributed by atoms with Crippen molar-refractivity contribution in [3.63, 3.8) is 0 Å². The van der Waals surface area contributed by atoms with Gasteiger partial charge in [0.25, 0.3) is 0 Å². The number of thiocarbonyl (C=S) groups is 1. The Labute approximate surface area is 146 Å². The number of hydrogen-bond donors (Lipinski definition) is 1. The number of carbonyl (C=O) groups excluding carboxylic acids is 1. The fraction of sp³-hybridized carbons (Fsp3) is 0.167. The molecule has 0 unspecified atom stereocenters. The lowest BCUT2D eigenvalue weighted by molar-refractivity contribution is 0.0602. The topological polar surface area (TPSA) is 65.4 Å². The molecule has 0 amide bonds. The van der Waals surface area contributed by atoms with Crippen LogP contribution in [0.1, 0.15) is 16.8 Å². The molecule has 2 aromatic carbocycles. The van der Waals surface area contributed by atoms with Gasteiger partial charge >= 0.3 is 5.97 Å².